The predicted molar refractivity (Wildman–Crippen MR) is 68.6 cm³/mol. The van der Waals surface area contributed by atoms with Gasteiger partial charge in [0.2, 0.25) is 0 Å². The first kappa shape index (κ1) is 19.8. The van der Waals surface area contributed by atoms with Crippen LogP contribution in [-0.2, 0) is 4.79 Å². The Morgan fingerprint density at radius 2 is 1.47 bits per heavy atom. The molecule has 0 aliphatic carbocycles. The van der Waals surface area contributed by atoms with Crippen molar-refractivity contribution in [2.75, 3.05) is 0 Å². The van der Waals surface area contributed by atoms with Crippen molar-refractivity contribution in [3.8, 4) is 0 Å². The molecule has 0 aromatic carbocycles. The number of unbranched alkanes of at least 4 members (excludes halogenated alkanes) is 7. The molecule has 0 saturated heterocycles. The Balaban J connectivity index is 0. The fourth-order valence-corrected chi connectivity index (χ4v) is 1.63. The summed E-state index contributed by atoms with van der Waals surface area (Å²) in [7, 11) is 0. The second kappa shape index (κ2) is 16.5. The van der Waals surface area contributed by atoms with E-state index in [2.05, 4.69) is 19.1 Å². The molecule has 0 unspecified atom stereocenters. The largest absolute Gasteiger partial charge is 0.481 e. The molecule has 0 aliphatic rings. The molecule has 0 aromatic rings. The number of aliphatic carboxylic acids is 1. The van der Waals surface area contributed by atoms with E-state index in [-0.39, 0.29) is 38.2 Å². The molecule has 0 saturated carbocycles. The number of carbonyl (C=O) groups is 1. The molecule has 0 radical (unpaired) electrons. The van der Waals surface area contributed by atoms with E-state index in [1.165, 1.54) is 44.9 Å². The van der Waals surface area contributed by atoms with Gasteiger partial charge in [-0.2, -0.15) is 0 Å². The summed E-state index contributed by atoms with van der Waals surface area (Å²) in [4.78, 5) is 10.3. The monoisotopic (exact) mass is 390 g/mol. The van der Waals surface area contributed by atoms with E-state index < -0.39 is 5.97 Å². The van der Waals surface area contributed by atoms with Crippen molar-refractivity contribution >= 4 is 5.97 Å². The van der Waals surface area contributed by atoms with Gasteiger partial charge in [0.25, 0.3) is 0 Å². The summed E-state index contributed by atoms with van der Waals surface area (Å²) < 4.78 is 0. The Bertz CT molecular complexity index is 191. The van der Waals surface area contributed by atoms with E-state index in [1.807, 2.05) is 0 Å². The van der Waals surface area contributed by atoms with Gasteiger partial charge in [-0.05, 0) is 25.7 Å². The van der Waals surface area contributed by atoms with E-state index in [0.29, 0.717) is 6.42 Å². The van der Waals surface area contributed by atoms with Gasteiger partial charge in [-0.25, -0.2) is 0 Å². The summed E-state index contributed by atoms with van der Waals surface area (Å²) in [5.74, 6) is -0.668. The van der Waals surface area contributed by atoms with Crippen molar-refractivity contribution in [2.45, 2.75) is 71.1 Å². The third-order valence-corrected chi connectivity index (χ3v) is 2.65. The van der Waals surface area contributed by atoms with Crippen LogP contribution in [0.15, 0.2) is 12.2 Å². The summed E-state index contributed by atoms with van der Waals surface area (Å²) >= 11 is 0. The number of allylic oxidation sites excluding steroid dienone is 2. The zero-order chi connectivity index (χ0) is 12.1. The van der Waals surface area contributed by atoms with E-state index in [4.69, 9.17) is 5.11 Å². The van der Waals surface area contributed by atoms with Gasteiger partial charge in [-0.3, -0.25) is 4.79 Å². The Labute approximate surface area is 136 Å². The van der Waals surface area contributed by atoms with E-state index >= 15 is 0 Å². The third kappa shape index (κ3) is 19.0. The molecule has 0 atom stereocenters. The molecule has 0 bridgehead atoms. The quantitative estimate of drug-likeness (QED) is 0.416. The predicted octanol–water partition coefficient (Wildman–Crippen LogP) is 4.55. The minimum absolute atomic E-state index is 0. The molecule has 0 fully saturated rings. The summed E-state index contributed by atoms with van der Waals surface area (Å²) in [6, 6.07) is 0. The molecular formula is C14H26DyO2. The number of rotatable bonds is 11. The number of hydrogen-bond acceptors (Lipinski definition) is 1. The van der Waals surface area contributed by atoms with Crippen LogP contribution in [-0.4, -0.2) is 11.1 Å². The van der Waals surface area contributed by atoms with Crippen LogP contribution in [0.25, 0.3) is 0 Å². The van der Waals surface area contributed by atoms with Gasteiger partial charge in [0.1, 0.15) is 0 Å². The van der Waals surface area contributed by atoms with E-state index in [9.17, 15) is 4.79 Å². The van der Waals surface area contributed by atoms with Gasteiger partial charge in [-0.1, -0.05) is 51.2 Å². The fraction of sp³-hybridized carbons (Fsp3) is 0.786. The van der Waals surface area contributed by atoms with Gasteiger partial charge in [0.15, 0.2) is 0 Å². The Hall–Kier alpha value is 0.483. The maximum absolute atomic E-state index is 10.3. The Morgan fingerprint density at radius 1 is 0.941 bits per heavy atom. The average molecular weight is 389 g/mol. The van der Waals surface area contributed by atoms with Crippen molar-refractivity contribution in [1.29, 1.82) is 0 Å². The van der Waals surface area contributed by atoms with Crippen LogP contribution >= 0.6 is 0 Å². The normalized spacial score (nSPS) is 10.4. The van der Waals surface area contributed by atoms with Crippen LogP contribution in [0, 0.1) is 38.2 Å². The van der Waals surface area contributed by atoms with Crippen LogP contribution < -0.4 is 0 Å². The Morgan fingerprint density at radius 3 is 2.06 bits per heavy atom. The number of hydrogen-bond donors (Lipinski definition) is 1. The van der Waals surface area contributed by atoms with Gasteiger partial charge in [0, 0.05) is 44.6 Å². The van der Waals surface area contributed by atoms with Crippen LogP contribution in [0.3, 0.4) is 0 Å². The van der Waals surface area contributed by atoms with Gasteiger partial charge < -0.3 is 5.11 Å². The topological polar surface area (TPSA) is 37.3 Å². The van der Waals surface area contributed by atoms with Crippen LogP contribution in [0.1, 0.15) is 71.1 Å². The number of carboxylic acids is 1. The minimum Gasteiger partial charge on any atom is -0.481 e. The molecule has 0 aromatic heterocycles. The summed E-state index contributed by atoms with van der Waals surface area (Å²) in [6.07, 6.45) is 15.4. The second-order valence-corrected chi connectivity index (χ2v) is 4.31. The molecule has 0 rings (SSSR count). The molecular weight excluding hydrogens is 363 g/mol. The summed E-state index contributed by atoms with van der Waals surface area (Å²) in [6.45, 7) is 2.21. The third-order valence-electron chi connectivity index (χ3n) is 2.65. The van der Waals surface area contributed by atoms with Crippen molar-refractivity contribution in [3.63, 3.8) is 0 Å². The van der Waals surface area contributed by atoms with Crippen LogP contribution in [0.5, 0.6) is 0 Å². The maximum Gasteiger partial charge on any atom is 0.303 e. The maximum atomic E-state index is 10.3. The molecule has 0 heterocycles. The average Bonchev–Trinajstić information content (AvgIpc) is 2.25. The van der Waals surface area contributed by atoms with Gasteiger partial charge in [-0.15, -0.1) is 0 Å². The van der Waals surface area contributed by atoms with Gasteiger partial charge >= 0.3 is 5.97 Å². The molecule has 0 amide bonds. The molecule has 0 spiro atoms. The van der Waals surface area contributed by atoms with Crippen LogP contribution in [0.2, 0.25) is 0 Å². The van der Waals surface area contributed by atoms with Crippen LogP contribution in [0.4, 0.5) is 0 Å². The minimum atomic E-state index is -0.668. The smallest absolute Gasteiger partial charge is 0.303 e. The fourth-order valence-electron chi connectivity index (χ4n) is 1.63. The Kier molecular flexibility index (Phi) is 19.2. The first-order valence-electron chi connectivity index (χ1n) is 6.64. The van der Waals surface area contributed by atoms with E-state index in [1.54, 1.807) is 0 Å². The van der Waals surface area contributed by atoms with Gasteiger partial charge in [0.05, 0.1) is 0 Å². The van der Waals surface area contributed by atoms with E-state index in [0.717, 1.165) is 12.8 Å². The summed E-state index contributed by atoms with van der Waals surface area (Å²) in [5.41, 5.74) is 0. The molecule has 0 aliphatic heterocycles. The first-order chi connectivity index (χ1) is 7.77. The number of carboxylic acid groups (broad SMARTS) is 1. The second-order valence-electron chi connectivity index (χ2n) is 4.31. The zero-order valence-corrected chi connectivity index (χ0v) is 12.9. The molecule has 104 valence electrons. The van der Waals surface area contributed by atoms with Crippen molar-refractivity contribution < 1.29 is 48.1 Å². The first-order valence-corrected chi connectivity index (χ1v) is 6.64. The standard InChI is InChI=1S/C14H26O2.Dy/c1-2-3-4-5-6-7-8-9-10-11-12-13-14(15)16;/h5-6H,2-4,7-13H2,1H3,(H,15,16);. The zero-order valence-electron chi connectivity index (χ0n) is 10.9. The van der Waals surface area contributed by atoms with Crippen molar-refractivity contribution in [1.82, 2.24) is 0 Å². The summed E-state index contributed by atoms with van der Waals surface area (Å²) in [5, 5.41) is 8.45. The SMILES string of the molecule is CCCCC=CCCCCCCCC(=O)O.[Dy]. The molecule has 2 nitrogen and oxygen atoms in total. The van der Waals surface area contributed by atoms with Crippen molar-refractivity contribution in [3.05, 3.63) is 12.2 Å². The molecule has 1 N–H and O–H groups in total. The molecule has 17 heavy (non-hydrogen) atoms. The molecule has 3 heteroatoms. The van der Waals surface area contributed by atoms with Crippen molar-refractivity contribution in [2.24, 2.45) is 0 Å².